The Balaban J connectivity index is 2.23. The van der Waals surface area contributed by atoms with Gasteiger partial charge in [0, 0.05) is 11.1 Å². The molecule has 4 nitrogen and oxygen atoms in total. The molecule has 0 atom stereocenters. The third kappa shape index (κ3) is 5.28. The lowest BCUT2D eigenvalue weighted by Gasteiger charge is -2.15. The van der Waals surface area contributed by atoms with E-state index < -0.39 is 5.97 Å². The quantitative estimate of drug-likeness (QED) is 0.638. The summed E-state index contributed by atoms with van der Waals surface area (Å²) in [5, 5.41) is 9.41. The molecular formula is C18H16BrClO4. The lowest BCUT2D eigenvalue weighted by molar-refractivity contribution is -0.131. The van der Waals surface area contributed by atoms with Crippen LogP contribution in [0.4, 0.5) is 0 Å². The number of carboxylic acid groups (broad SMARTS) is 1. The molecule has 0 aliphatic rings. The predicted molar refractivity (Wildman–Crippen MR) is 97.8 cm³/mol. The summed E-state index contributed by atoms with van der Waals surface area (Å²) in [4.78, 5) is 10.7. The summed E-state index contributed by atoms with van der Waals surface area (Å²) in [7, 11) is 0. The van der Waals surface area contributed by atoms with Crippen LogP contribution in [0.5, 0.6) is 11.5 Å². The number of hydrogen-bond donors (Lipinski definition) is 1. The molecule has 0 radical (unpaired) electrons. The Bertz CT molecular complexity index is 741. The van der Waals surface area contributed by atoms with Crippen molar-refractivity contribution < 1.29 is 19.4 Å². The van der Waals surface area contributed by atoms with Crippen molar-refractivity contribution in [3.63, 3.8) is 0 Å². The summed E-state index contributed by atoms with van der Waals surface area (Å²) in [6, 6.07) is 10.9. The van der Waals surface area contributed by atoms with Gasteiger partial charge >= 0.3 is 5.97 Å². The first kappa shape index (κ1) is 18.4. The number of ether oxygens (including phenoxy) is 2. The fraction of sp³-hybridized carbons (Fsp3) is 0.167. The van der Waals surface area contributed by atoms with E-state index in [1.807, 2.05) is 19.1 Å². The van der Waals surface area contributed by atoms with Crippen molar-refractivity contribution in [2.24, 2.45) is 0 Å². The third-order valence-electron chi connectivity index (χ3n) is 3.05. The molecule has 0 unspecified atom stereocenters. The number of carbonyl (C=O) groups is 1. The van der Waals surface area contributed by atoms with Crippen LogP contribution in [-0.4, -0.2) is 17.7 Å². The van der Waals surface area contributed by atoms with Crippen LogP contribution < -0.4 is 9.47 Å². The molecule has 2 aromatic rings. The summed E-state index contributed by atoms with van der Waals surface area (Å²) in [5.74, 6) is 0.109. The number of halogens is 2. The molecule has 6 heteroatoms. The van der Waals surface area contributed by atoms with Gasteiger partial charge in [-0.3, -0.25) is 0 Å². The Morgan fingerprint density at radius 3 is 2.58 bits per heavy atom. The molecule has 0 aromatic heterocycles. The van der Waals surface area contributed by atoms with Gasteiger partial charge in [-0.25, -0.2) is 4.79 Å². The molecule has 0 heterocycles. The van der Waals surface area contributed by atoms with Crippen LogP contribution in [0.15, 0.2) is 46.9 Å². The molecule has 0 aliphatic carbocycles. The minimum atomic E-state index is -1.01. The summed E-state index contributed by atoms with van der Waals surface area (Å²) < 4.78 is 12.2. The first-order valence-corrected chi connectivity index (χ1v) is 8.41. The van der Waals surface area contributed by atoms with E-state index in [9.17, 15) is 4.79 Å². The second-order valence-electron chi connectivity index (χ2n) is 4.85. The number of aliphatic carboxylic acids is 1. The van der Waals surface area contributed by atoms with E-state index >= 15 is 0 Å². The molecule has 0 amide bonds. The van der Waals surface area contributed by atoms with E-state index in [1.165, 1.54) is 6.08 Å². The maximum atomic E-state index is 10.7. The highest BCUT2D eigenvalue weighted by Crippen LogP contribution is 2.37. The van der Waals surface area contributed by atoms with Gasteiger partial charge in [0.15, 0.2) is 11.5 Å². The smallest absolute Gasteiger partial charge is 0.328 e. The third-order valence-corrected chi connectivity index (χ3v) is 3.89. The van der Waals surface area contributed by atoms with Crippen LogP contribution in [0.2, 0.25) is 5.02 Å². The fourth-order valence-corrected chi connectivity index (χ4v) is 2.69. The Morgan fingerprint density at radius 1 is 1.25 bits per heavy atom. The van der Waals surface area contributed by atoms with Crippen LogP contribution in [0.25, 0.3) is 6.08 Å². The van der Waals surface area contributed by atoms with Crippen molar-refractivity contribution in [1.82, 2.24) is 0 Å². The highest BCUT2D eigenvalue weighted by molar-refractivity contribution is 9.10. The Kier molecular flexibility index (Phi) is 6.70. The van der Waals surface area contributed by atoms with Crippen molar-refractivity contribution >= 4 is 39.6 Å². The lowest BCUT2D eigenvalue weighted by Crippen LogP contribution is -2.01. The van der Waals surface area contributed by atoms with Crippen molar-refractivity contribution in [2.45, 2.75) is 13.5 Å². The molecule has 0 fully saturated rings. The van der Waals surface area contributed by atoms with Crippen molar-refractivity contribution in [3.05, 3.63) is 63.1 Å². The summed E-state index contributed by atoms with van der Waals surface area (Å²) in [6.07, 6.45) is 2.57. The number of rotatable bonds is 7. The summed E-state index contributed by atoms with van der Waals surface area (Å²) >= 11 is 9.33. The average Bonchev–Trinajstić information content (AvgIpc) is 2.54. The van der Waals surface area contributed by atoms with E-state index in [0.29, 0.717) is 39.8 Å². The van der Waals surface area contributed by atoms with Gasteiger partial charge in [0.25, 0.3) is 0 Å². The standard InChI is InChI=1S/C18H16BrClO4/c1-2-23-16-10-13(5-8-17(21)22)9-15(19)18(16)24-11-12-3-6-14(20)7-4-12/h3-10H,2,11H2,1H3,(H,21,22)/b8-5+. The summed E-state index contributed by atoms with van der Waals surface area (Å²) in [5.41, 5.74) is 1.68. The molecule has 126 valence electrons. The molecule has 0 saturated heterocycles. The number of hydrogen-bond acceptors (Lipinski definition) is 3. The maximum absolute atomic E-state index is 10.7. The second-order valence-corrected chi connectivity index (χ2v) is 6.14. The normalized spacial score (nSPS) is 10.8. The molecule has 0 saturated carbocycles. The highest BCUT2D eigenvalue weighted by atomic mass is 79.9. The second kappa shape index (κ2) is 8.76. The molecule has 2 rings (SSSR count). The van der Waals surface area contributed by atoms with Gasteiger partial charge in [-0.05, 0) is 64.3 Å². The Hall–Kier alpha value is -1.98. The zero-order valence-electron chi connectivity index (χ0n) is 13.0. The molecule has 24 heavy (non-hydrogen) atoms. The van der Waals surface area contributed by atoms with Crippen molar-refractivity contribution in [2.75, 3.05) is 6.61 Å². The lowest BCUT2D eigenvalue weighted by atomic mass is 10.2. The molecule has 1 N–H and O–H groups in total. The minimum Gasteiger partial charge on any atom is -0.490 e. The van der Waals surface area contributed by atoms with E-state index in [-0.39, 0.29) is 0 Å². The first-order chi connectivity index (χ1) is 11.5. The fourth-order valence-electron chi connectivity index (χ4n) is 1.99. The highest BCUT2D eigenvalue weighted by Gasteiger charge is 2.12. The maximum Gasteiger partial charge on any atom is 0.328 e. The summed E-state index contributed by atoms with van der Waals surface area (Å²) in [6.45, 7) is 2.70. The van der Waals surface area contributed by atoms with Gasteiger partial charge < -0.3 is 14.6 Å². The molecule has 2 aromatic carbocycles. The van der Waals surface area contributed by atoms with E-state index in [2.05, 4.69) is 15.9 Å². The van der Waals surface area contributed by atoms with Crippen LogP contribution in [0.1, 0.15) is 18.1 Å². The van der Waals surface area contributed by atoms with E-state index in [1.54, 1.807) is 24.3 Å². The number of carboxylic acids is 1. The van der Waals surface area contributed by atoms with Crippen LogP contribution in [0.3, 0.4) is 0 Å². The molecule has 0 aliphatic heterocycles. The van der Waals surface area contributed by atoms with Gasteiger partial charge in [0.1, 0.15) is 6.61 Å². The monoisotopic (exact) mass is 410 g/mol. The Morgan fingerprint density at radius 2 is 1.96 bits per heavy atom. The zero-order valence-corrected chi connectivity index (χ0v) is 15.3. The van der Waals surface area contributed by atoms with Crippen LogP contribution in [0, 0.1) is 0 Å². The van der Waals surface area contributed by atoms with Crippen molar-refractivity contribution in [3.8, 4) is 11.5 Å². The predicted octanol–water partition coefficient (Wildman–Crippen LogP) is 5.18. The van der Waals surface area contributed by atoms with E-state index in [0.717, 1.165) is 11.6 Å². The van der Waals surface area contributed by atoms with E-state index in [4.69, 9.17) is 26.2 Å². The van der Waals surface area contributed by atoms with Crippen molar-refractivity contribution in [1.29, 1.82) is 0 Å². The topological polar surface area (TPSA) is 55.8 Å². The first-order valence-electron chi connectivity index (χ1n) is 7.24. The molecule has 0 bridgehead atoms. The average molecular weight is 412 g/mol. The molecular weight excluding hydrogens is 396 g/mol. The molecule has 0 spiro atoms. The zero-order chi connectivity index (χ0) is 17.5. The minimum absolute atomic E-state index is 0.361. The van der Waals surface area contributed by atoms with Gasteiger partial charge in [-0.1, -0.05) is 23.7 Å². The SMILES string of the molecule is CCOc1cc(/C=C/C(=O)O)cc(Br)c1OCc1ccc(Cl)cc1. The van der Waals surface area contributed by atoms with Gasteiger partial charge in [-0.15, -0.1) is 0 Å². The van der Waals surface area contributed by atoms with Gasteiger partial charge in [0.05, 0.1) is 11.1 Å². The van der Waals surface area contributed by atoms with Gasteiger partial charge in [-0.2, -0.15) is 0 Å². The van der Waals surface area contributed by atoms with Crippen LogP contribution >= 0.6 is 27.5 Å². The number of benzene rings is 2. The Labute approximate surface area is 153 Å². The largest absolute Gasteiger partial charge is 0.490 e. The van der Waals surface area contributed by atoms with Crippen LogP contribution in [-0.2, 0) is 11.4 Å². The van der Waals surface area contributed by atoms with Gasteiger partial charge in [0.2, 0.25) is 0 Å².